The van der Waals surface area contributed by atoms with Gasteiger partial charge in [0.15, 0.2) is 0 Å². The number of hydrogen-bond donors (Lipinski definition) is 1. The molecule has 1 fully saturated rings. The molecule has 1 aliphatic rings. The summed E-state index contributed by atoms with van der Waals surface area (Å²) in [6.07, 6.45) is 1.42. The molecular weight excluding hydrogens is 342 g/mol. The van der Waals surface area contributed by atoms with Gasteiger partial charge in [-0.05, 0) is 30.5 Å². The maximum absolute atomic E-state index is 12.8. The Hall–Kier alpha value is -2.37. The van der Waals surface area contributed by atoms with E-state index in [0.29, 0.717) is 38.0 Å². The predicted molar refractivity (Wildman–Crippen MR) is 105 cm³/mol. The Morgan fingerprint density at radius 2 is 1.67 bits per heavy atom. The molecule has 6 heteroatoms. The molecule has 1 aliphatic heterocycles. The largest absolute Gasteiger partial charge is 0.355 e. The predicted octanol–water partition coefficient (Wildman–Crippen LogP) is 2.29. The molecule has 0 aliphatic carbocycles. The second-order valence-corrected chi connectivity index (χ2v) is 8.29. The van der Waals surface area contributed by atoms with Crippen molar-refractivity contribution in [2.24, 2.45) is 11.3 Å². The van der Waals surface area contributed by atoms with Crippen molar-refractivity contribution in [2.45, 2.75) is 40.2 Å². The standard InChI is InChI=1S/C21H31N3O3/c1-21(2,3)20(27)24-12-10-17(11-13-24)19(26)23(5)14-15-6-8-16(9-7-15)18(25)22-4/h6-9,17H,10-14H2,1-5H3,(H,22,25). The van der Waals surface area contributed by atoms with E-state index in [1.54, 1.807) is 24.1 Å². The summed E-state index contributed by atoms with van der Waals surface area (Å²) in [7, 11) is 3.41. The van der Waals surface area contributed by atoms with Gasteiger partial charge >= 0.3 is 0 Å². The van der Waals surface area contributed by atoms with Gasteiger partial charge in [0.05, 0.1) is 0 Å². The van der Waals surface area contributed by atoms with E-state index in [-0.39, 0.29) is 29.1 Å². The van der Waals surface area contributed by atoms with Gasteiger partial charge in [0, 0.05) is 50.6 Å². The summed E-state index contributed by atoms with van der Waals surface area (Å²) in [5.74, 6) is 0.109. The molecule has 2 rings (SSSR count). The first-order valence-electron chi connectivity index (χ1n) is 9.49. The molecular formula is C21H31N3O3. The Balaban J connectivity index is 1.89. The summed E-state index contributed by atoms with van der Waals surface area (Å²) in [6, 6.07) is 7.28. The van der Waals surface area contributed by atoms with Crippen molar-refractivity contribution in [3.05, 3.63) is 35.4 Å². The lowest BCUT2D eigenvalue weighted by atomic mass is 9.90. The molecule has 0 spiro atoms. The van der Waals surface area contributed by atoms with Crippen LogP contribution in [0.3, 0.4) is 0 Å². The molecule has 1 N–H and O–H groups in total. The van der Waals surface area contributed by atoms with Gasteiger partial charge in [-0.1, -0.05) is 32.9 Å². The van der Waals surface area contributed by atoms with Crippen LogP contribution >= 0.6 is 0 Å². The average molecular weight is 373 g/mol. The van der Waals surface area contributed by atoms with E-state index in [4.69, 9.17) is 0 Å². The number of piperidine rings is 1. The summed E-state index contributed by atoms with van der Waals surface area (Å²) in [6.45, 7) is 7.57. The summed E-state index contributed by atoms with van der Waals surface area (Å²) in [5.41, 5.74) is 1.21. The zero-order chi connectivity index (χ0) is 20.2. The zero-order valence-electron chi connectivity index (χ0n) is 17.0. The van der Waals surface area contributed by atoms with Crippen molar-refractivity contribution in [1.82, 2.24) is 15.1 Å². The minimum atomic E-state index is -0.380. The molecule has 1 heterocycles. The van der Waals surface area contributed by atoms with Gasteiger partial charge in [0.1, 0.15) is 0 Å². The number of nitrogens with one attached hydrogen (secondary N) is 1. The number of rotatable bonds is 4. The van der Waals surface area contributed by atoms with E-state index in [1.807, 2.05) is 44.9 Å². The SMILES string of the molecule is CNC(=O)c1ccc(CN(C)C(=O)C2CCN(C(=O)C(C)(C)C)CC2)cc1. The molecule has 1 aromatic carbocycles. The smallest absolute Gasteiger partial charge is 0.251 e. The van der Waals surface area contributed by atoms with Crippen LogP contribution in [0.15, 0.2) is 24.3 Å². The second kappa shape index (κ2) is 8.55. The van der Waals surface area contributed by atoms with E-state index in [1.165, 1.54) is 0 Å². The average Bonchev–Trinajstić information content (AvgIpc) is 2.66. The van der Waals surface area contributed by atoms with Crippen molar-refractivity contribution in [2.75, 3.05) is 27.2 Å². The number of carbonyl (C=O) groups is 3. The fourth-order valence-electron chi connectivity index (χ4n) is 3.37. The summed E-state index contributed by atoms with van der Waals surface area (Å²) < 4.78 is 0. The van der Waals surface area contributed by atoms with Crippen LogP contribution in [0.25, 0.3) is 0 Å². The van der Waals surface area contributed by atoms with Gasteiger partial charge in [-0.15, -0.1) is 0 Å². The van der Waals surface area contributed by atoms with Gasteiger partial charge in [0.2, 0.25) is 11.8 Å². The molecule has 6 nitrogen and oxygen atoms in total. The fourth-order valence-corrected chi connectivity index (χ4v) is 3.37. The maximum atomic E-state index is 12.8. The maximum Gasteiger partial charge on any atom is 0.251 e. The van der Waals surface area contributed by atoms with Gasteiger partial charge in [-0.3, -0.25) is 14.4 Å². The highest BCUT2D eigenvalue weighted by atomic mass is 16.2. The molecule has 27 heavy (non-hydrogen) atoms. The fraction of sp³-hybridized carbons (Fsp3) is 0.571. The number of hydrogen-bond acceptors (Lipinski definition) is 3. The Morgan fingerprint density at radius 3 is 2.15 bits per heavy atom. The van der Waals surface area contributed by atoms with E-state index < -0.39 is 0 Å². The van der Waals surface area contributed by atoms with Crippen LogP contribution in [-0.2, 0) is 16.1 Å². The number of nitrogens with zero attached hydrogens (tertiary/aromatic N) is 2. The van der Waals surface area contributed by atoms with Crippen LogP contribution in [0.5, 0.6) is 0 Å². The Bertz CT molecular complexity index is 684. The van der Waals surface area contributed by atoms with Crippen LogP contribution in [0.1, 0.15) is 49.5 Å². The lowest BCUT2D eigenvalue weighted by Gasteiger charge is -2.36. The number of carbonyl (C=O) groups excluding carboxylic acids is 3. The van der Waals surface area contributed by atoms with Crippen molar-refractivity contribution in [3.8, 4) is 0 Å². The van der Waals surface area contributed by atoms with Crippen LogP contribution < -0.4 is 5.32 Å². The summed E-state index contributed by atoms with van der Waals surface area (Å²) in [5, 5.41) is 2.59. The monoisotopic (exact) mass is 373 g/mol. The molecule has 0 bridgehead atoms. The molecule has 0 aromatic heterocycles. The van der Waals surface area contributed by atoms with Gasteiger partial charge in [0.25, 0.3) is 5.91 Å². The topological polar surface area (TPSA) is 69.7 Å². The third kappa shape index (κ3) is 5.31. The highest BCUT2D eigenvalue weighted by Gasteiger charge is 2.33. The summed E-state index contributed by atoms with van der Waals surface area (Å²) >= 11 is 0. The highest BCUT2D eigenvalue weighted by molar-refractivity contribution is 5.94. The Kier molecular flexibility index (Phi) is 6.63. The molecule has 0 atom stereocenters. The molecule has 0 radical (unpaired) electrons. The Morgan fingerprint density at radius 1 is 1.11 bits per heavy atom. The Labute approximate surface area is 161 Å². The van der Waals surface area contributed by atoms with Crippen LogP contribution in [0.2, 0.25) is 0 Å². The van der Waals surface area contributed by atoms with Crippen molar-refractivity contribution in [3.63, 3.8) is 0 Å². The second-order valence-electron chi connectivity index (χ2n) is 8.29. The van der Waals surface area contributed by atoms with Crippen molar-refractivity contribution < 1.29 is 14.4 Å². The van der Waals surface area contributed by atoms with Gasteiger partial charge in [-0.25, -0.2) is 0 Å². The number of likely N-dealkylation sites (tertiary alicyclic amines) is 1. The minimum Gasteiger partial charge on any atom is -0.355 e. The number of amides is 3. The molecule has 3 amide bonds. The first kappa shape index (κ1) is 20.9. The normalized spacial score (nSPS) is 15.4. The first-order valence-corrected chi connectivity index (χ1v) is 9.49. The third-order valence-electron chi connectivity index (χ3n) is 5.01. The highest BCUT2D eigenvalue weighted by Crippen LogP contribution is 2.25. The first-order chi connectivity index (χ1) is 12.6. The minimum absolute atomic E-state index is 0.0378. The van der Waals surface area contributed by atoms with Crippen molar-refractivity contribution in [1.29, 1.82) is 0 Å². The molecule has 0 unspecified atom stereocenters. The lowest BCUT2D eigenvalue weighted by molar-refractivity contribution is -0.144. The number of benzene rings is 1. The quantitative estimate of drug-likeness (QED) is 0.880. The summed E-state index contributed by atoms with van der Waals surface area (Å²) in [4.78, 5) is 40.3. The van der Waals surface area contributed by atoms with Gasteiger partial charge < -0.3 is 15.1 Å². The molecule has 148 valence electrons. The van der Waals surface area contributed by atoms with Crippen LogP contribution in [0.4, 0.5) is 0 Å². The molecule has 1 saturated heterocycles. The van der Waals surface area contributed by atoms with E-state index in [9.17, 15) is 14.4 Å². The third-order valence-corrected chi connectivity index (χ3v) is 5.01. The van der Waals surface area contributed by atoms with Crippen molar-refractivity contribution >= 4 is 17.7 Å². The van der Waals surface area contributed by atoms with E-state index >= 15 is 0 Å². The molecule has 0 saturated carbocycles. The molecule has 1 aromatic rings. The van der Waals surface area contributed by atoms with Crippen LogP contribution in [-0.4, -0.2) is 54.7 Å². The van der Waals surface area contributed by atoms with E-state index in [0.717, 1.165) is 5.56 Å². The van der Waals surface area contributed by atoms with Gasteiger partial charge in [-0.2, -0.15) is 0 Å². The zero-order valence-corrected chi connectivity index (χ0v) is 17.0. The van der Waals surface area contributed by atoms with Crippen LogP contribution in [0, 0.1) is 11.3 Å². The van der Waals surface area contributed by atoms with E-state index in [2.05, 4.69) is 5.32 Å². The lowest BCUT2D eigenvalue weighted by Crippen LogP contribution is -2.46.